The first-order valence-electron chi connectivity index (χ1n) is 6.80. The fourth-order valence-corrected chi connectivity index (χ4v) is 2.07. The normalized spacial score (nSPS) is 20.4. The number of nitrogens with zero attached hydrogens (tertiary/aromatic N) is 4. The highest BCUT2D eigenvalue weighted by atomic mass is 16.2. The number of nitrogens with one attached hydrogen (secondary N) is 1. The van der Waals surface area contributed by atoms with Crippen LogP contribution in [0.1, 0.15) is 25.7 Å². The van der Waals surface area contributed by atoms with E-state index in [1.165, 1.54) is 19.3 Å². The van der Waals surface area contributed by atoms with Crippen LogP contribution in [0.5, 0.6) is 0 Å². The van der Waals surface area contributed by atoms with Gasteiger partial charge in [-0.25, -0.2) is 0 Å². The van der Waals surface area contributed by atoms with Crippen molar-refractivity contribution in [2.45, 2.75) is 25.7 Å². The van der Waals surface area contributed by atoms with Crippen LogP contribution in [-0.4, -0.2) is 27.6 Å². The molecule has 1 saturated carbocycles. The Bertz CT molecular complexity index is 667. The van der Waals surface area contributed by atoms with Crippen molar-refractivity contribution in [2.24, 2.45) is 5.92 Å². The Hall–Kier alpha value is -2.42. The van der Waals surface area contributed by atoms with Crippen LogP contribution in [0.4, 0.5) is 5.82 Å². The molecule has 20 heavy (non-hydrogen) atoms. The molecular weight excluding hydrogens is 254 g/mol. The standard InChI is InChI=1S/C11H9N5O.C3H6/c12-5-7-2-4-16(11(7)17)10-8-1-3-13-6-9(8)14-15-10;1-2-3-1/h1,3,6-7H,2,4H2,(H,14,15);1-3H2. The van der Waals surface area contributed by atoms with Crippen molar-refractivity contribution in [1.29, 1.82) is 5.26 Å². The summed E-state index contributed by atoms with van der Waals surface area (Å²) in [4.78, 5) is 17.5. The number of carbonyl (C=O) groups is 1. The predicted molar refractivity (Wildman–Crippen MR) is 73.8 cm³/mol. The number of hydrogen-bond donors (Lipinski definition) is 1. The van der Waals surface area contributed by atoms with E-state index >= 15 is 0 Å². The van der Waals surface area contributed by atoms with Gasteiger partial charge in [-0.15, -0.1) is 0 Å². The van der Waals surface area contributed by atoms with Crippen molar-refractivity contribution in [3.05, 3.63) is 18.5 Å². The van der Waals surface area contributed by atoms with Crippen molar-refractivity contribution in [1.82, 2.24) is 15.2 Å². The van der Waals surface area contributed by atoms with Crippen LogP contribution < -0.4 is 4.90 Å². The highest BCUT2D eigenvalue weighted by Gasteiger charge is 2.34. The Kier molecular flexibility index (Phi) is 3.33. The fourth-order valence-electron chi connectivity index (χ4n) is 2.07. The summed E-state index contributed by atoms with van der Waals surface area (Å²) in [6.45, 7) is 0.541. The van der Waals surface area contributed by atoms with E-state index in [0.29, 0.717) is 18.8 Å². The summed E-state index contributed by atoms with van der Waals surface area (Å²) >= 11 is 0. The van der Waals surface area contributed by atoms with Crippen LogP contribution in [0.3, 0.4) is 0 Å². The van der Waals surface area contributed by atoms with Crippen molar-refractivity contribution < 1.29 is 4.79 Å². The number of aromatic nitrogens is 3. The molecule has 4 rings (SSSR count). The maximum atomic E-state index is 11.9. The molecule has 1 N–H and O–H groups in total. The Morgan fingerprint density at radius 1 is 1.40 bits per heavy atom. The van der Waals surface area contributed by atoms with Gasteiger partial charge in [0.05, 0.1) is 17.8 Å². The zero-order chi connectivity index (χ0) is 13.9. The largest absolute Gasteiger partial charge is 0.294 e. The Balaban J connectivity index is 0.000000358. The van der Waals surface area contributed by atoms with Gasteiger partial charge in [0.25, 0.3) is 0 Å². The lowest BCUT2D eigenvalue weighted by atomic mass is 10.1. The number of anilines is 1. The smallest absolute Gasteiger partial charge is 0.245 e. The number of hydrogen-bond acceptors (Lipinski definition) is 4. The molecule has 1 amide bonds. The third kappa shape index (κ3) is 2.35. The molecule has 1 unspecified atom stereocenters. The molecular formula is C14H15N5O. The first-order valence-corrected chi connectivity index (χ1v) is 6.80. The van der Waals surface area contributed by atoms with Gasteiger partial charge < -0.3 is 0 Å². The average molecular weight is 269 g/mol. The van der Waals surface area contributed by atoms with E-state index in [1.807, 2.05) is 6.07 Å². The second-order valence-corrected chi connectivity index (χ2v) is 4.99. The van der Waals surface area contributed by atoms with Crippen LogP contribution >= 0.6 is 0 Å². The average Bonchev–Trinajstić information content (AvgIpc) is 3.24. The molecule has 2 fully saturated rings. The van der Waals surface area contributed by atoms with Gasteiger partial charge in [0.2, 0.25) is 5.91 Å². The molecule has 102 valence electrons. The lowest BCUT2D eigenvalue weighted by Gasteiger charge is -2.12. The summed E-state index contributed by atoms with van der Waals surface area (Å²) in [5.41, 5.74) is 0.788. The molecule has 2 aromatic heterocycles. The number of rotatable bonds is 1. The van der Waals surface area contributed by atoms with Crippen LogP contribution in [0.25, 0.3) is 10.9 Å². The number of nitriles is 1. The molecule has 6 nitrogen and oxygen atoms in total. The number of amides is 1. The van der Waals surface area contributed by atoms with Gasteiger partial charge in [-0.1, -0.05) is 19.3 Å². The van der Waals surface area contributed by atoms with Crippen LogP contribution in [0.2, 0.25) is 0 Å². The summed E-state index contributed by atoms with van der Waals surface area (Å²) in [5, 5.41) is 16.6. The monoisotopic (exact) mass is 269 g/mol. The van der Waals surface area contributed by atoms with Crippen molar-refractivity contribution >= 4 is 22.6 Å². The van der Waals surface area contributed by atoms with Crippen LogP contribution in [0, 0.1) is 17.2 Å². The topological polar surface area (TPSA) is 85.7 Å². The second kappa shape index (κ2) is 5.29. The minimum atomic E-state index is -0.538. The summed E-state index contributed by atoms with van der Waals surface area (Å²) < 4.78 is 0. The van der Waals surface area contributed by atoms with E-state index in [1.54, 1.807) is 23.4 Å². The maximum Gasteiger partial charge on any atom is 0.245 e. The van der Waals surface area contributed by atoms with E-state index in [-0.39, 0.29) is 5.91 Å². The zero-order valence-corrected chi connectivity index (χ0v) is 11.0. The van der Waals surface area contributed by atoms with Crippen LogP contribution in [0.15, 0.2) is 18.5 Å². The molecule has 1 saturated heterocycles. The highest BCUT2D eigenvalue weighted by molar-refractivity contribution is 6.04. The van der Waals surface area contributed by atoms with Crippen molar-refractivity contribution in [3.8, 4) is 6.07 Å². The first kappa shape index (κ1) is 12.6. The predicted octanol–water partition coefficient (Wildman–Crippen LogP) is 2.00. The van der Waals surface area contributed by atoms with E-state index in [2.05, 4.69) is 15.2 Å². The third-order valence-electron chi connectivity index (χ3n) is 3.31. The summed E-state index contributed by atoms with van der Waals surface area (Å²) in [5.74, 6) is -0.119. The zero-order valence-electron chi connectivity index (χ0n) is 11.0. The van der Waals surface area contributed by atoms with Crippen LogP contribution in [-0.2, 0) is 4.79 Å². The van der Waals surface area contributed by atoms with Gasteiger partial charge in [0.15, 0.2) is 5.82 Å². The van der Waals surface area contributed by atoms with Gasteiger partial charge in [0, 0.05) is 18.1 Å². The molecule has 3 heterocycles. The lowest BCUT2D eigenvalue weighted by Crippen LogP contribution is -2.27. The number of aromatic amines is 1. The molecule has 0 spiro atoms. The molecule has 2 aliphatic rings. The van der Waals surface area contributed by atoms with Gasteiger partial charge >= 0.3 is 0 Å². The number of carbonyl (C=O) groups excluding carboxylic acids is 1. The van der Waals surface area contributed by atoms with Gasteiger partial charge in [-0.3, -0.25) is 19.8 Å². The van der Waals surface area contributed by atoms with E-state index < -0.39 is 5.92 Å². The van der Waals surface area contributed by atoms with Crippen molar-refractivity contribution in [2.75, 3.05) is 11.4 Å². The molecule has 2 aromatic rings. The first-order chi connectivity index (χ1) is 9.81. The van der Waals surface area contributed by atoms with Gasteiger partial charge in [0.1, 0.15) is 5.92 Å². The molecule has 1 aliphatic carbocycles. The molecule has 1 aliphatic heterocycles. The maximum absolute atomic E-state index is 11.9. The van der Waals surface area contributed by atoms with E-state index in [4.69, 9.17) is 5.26 Å². The van der Waals surface area contributed by atoms with Crippen molar-refractivity contribution in [3.63, 3.8) is 0 Å². The summed E-state index contributed by atoms with van der Waals surface area (Å²) in [7, 11) is 0. The minimum Gasteiger partial charge on any atom is -0.294 e. The summed E-state index contributed by atoms with van der Waals surface area (Å²) in [6, 6.07) is 3.82. The van der Waals surface area contributed by atoms with E-state index in [0.717, 1.165) is 10.9 Å². The lowest BCUT2D eigenvalue weighted by molar-refractivity contribution is -0.119. The quantitative estimate of drug-likeness (QED) is 0.858. The SMILES string of the molecule is C1CC1.N#CC1CCN(c2n[nH]c3cnccc23)C1=O. The highest BCUT2D eigenvalue weighted by Crippen LogP contribution is 2.28. The Morgan fingerprint density at radius 2 is 2.20 bits per heavy atom. The number of H-pyrrole nitrogens is 1. The fraction of sp³-hybridized carbons (Fsp3) is 0.429. The molecule has 0 aromatic carbocycles. The minimum absolute atomic E-state index is 0.169. The van der Waals surface area contributed by atoms with E-state index in [9.17, 15) is 4.79 Å². The Morgan fingerprint density at radius 3 is 2.85 bits per heavy atom. The number of fused-ring (bicyclic) bond motifs is 1. The molecule has 6 heteroatoms. The second-order valence-electron chi connectivity index (χ2n) is 4.99. The molecule has 0 radical (unpaired) electrons. The van der Waals surface area contributed by atoms with Gasteiger partial charge in [-0.2, -0.15) is 10.4 Å². The third-order valence-corrected chi connectivity index (χ3v) is 3.31. The summed E-state index contributed by atoms with van der Waals surface area (Å²) in [6.07, 6.45) is 8.38. The Labute approximate surface area is 116 Å². The van der Waals surface area contributed by atoms with Gasteiger partial charge in [-0.05, 0) is 12.5 Å². The molecule has 1 atom stereocenters. The molecule has 0 bridgehead atoms. The number of pyridine rings is 1.